The van der Waals surface area contributed by atoms with Crippen LogP contribution < -0.4 is 0 Å². The molecule has 8 heteroatoms. The molecule has 1 aromatic rings. The monoisotopic (exact) mass is 270 g/mol. The predicted octanol–water partition coefficient (Wildman–Crippen LogP) is 2.58. The summed E-state index contributed by atoms with van der Waals surface area (Å²) >= 11 is 0. The second-order valence-electron chi connectivity index (χ2n) is 3.31. The van der Waals surface area contributed by atoms with Gasteiger partial charge in [-0.15, -0.1) is 0 Å². The van der Waals surface area contributed by atoms with Gasteiger partial charge in [-0.05, 0) is 19.1 Å². The highest BCUT2D eigenvalue weighted by Crippen LogP contribution is 2.35. The number of benzene rings is 1. The minimum absolute atomic E-state index is 0.0602. The van der Waals surface area contributed by atoms with Gasteiger partial charge in [0, 0.05) is 0 Å². The van der Waals surface area contributed by atoms with Crippen LogP contribution in [0.25, 0.3) is 0 Å². The van der Waals surface area contributed by atoms with Crippen molar-refractivity contribution in [2.75, 3.05) is 6.61 Å². The van der Waals surface area contributed by atoms with Gasteiger partial charge in [0.1, 0.15) is 17.2 Å². The molecule has 0 aliphatic carbocycles. The van der Waals surface area contributed by atoms with Gasteiger partial charge < -0.3 is 4.74 Å². The number of rotatable bonds is 4. The number of hydrogen-bond donors (Lipinski definition) is 0. The molecule has 0 fully saturated rings. The van der Waals surface area contributed by atoms with Crippen molar-refractivity contribution in [1.82, 2.24) is 0 Å². The summed E-state index contributed by atoms with van der Waals surface area (Å²) in [6.45, 7) is 1.41. The van der Waals surface area contributed by atoms with E-state index >= 15 is 0 Å². The summed E-state index contributed by atoms with van der Waals surface area (Å²) in [5.41, 5.74) is -3.30. The third-order valence-corrected chi connectivity index (χ3v) is 2.23. The lowest BCUT2D eigenvalue weighted by Crippen LogP contribution is -2.11. The third kappa shape index (κ3) is 2.82. The molecule has 0 saturated carbocycles. The number of nitro groups is 1. The van der Waals surface area contributed by atoms with E-state index in [-0.39, 0.29) is 6.61 Å². The zero-order valence-electron chi connectivity index (χ0n) is 9.72. The Morgan fingerprint density at radius 2 is 2.21 bits per heavy atom. The van der Waals surface area contributed by atoms with E-state index in [2.05, 4.69) is 4.74 Å². The zero-order valence-corrected chi connectivity index (χ0v) is 9.72. The molecule has 0 aliphatic rings. The van der Waals surface area contributed by atoms with Crippen LogP contribution >= 0.6 is 0 Å². The lowest BCUT2D eigenvalue weighted by Gasteiger charge is -2.09. The first-order valence-corrected chi connectivity index (χ1v) is 5.10. The van der Waals surface area contributed by atoms with E-state index in [0.29, 0.717) is 0 Å². The molecule has 0 N–H and O–H groups in total. The highest BCUT2D eigenvalue weighted by molar-refractivity contribution is 5.93. The smallest absolute Gasteiger partial charge is 0.338 e. The SMILES string of the molecule is CCOC(=O)c1ccc(C#N)c([N+](=O)[O-])c1C(F)F. The molecule has 6 nitrogen and oxygen atoms in total. The lowest BCUT2D eigenvalue weighted by molar-refractivity contribution is -0.386. The topological polar surface area (TPSA) is 93.2 Å². The molecule has 1 aromatic carbocycles. The van der Waals surface area contributed by atoms with Crippen molar-refractivity contribution in [2.24, 2.45) is 0 Å². The quantitative estimate of drug-likeness (QED) is 0.476. The molecule has 0 unspecified atom stereocenters. The van der Waals surface area contributed by atoms with Crippen LogP contribution in [0.2, 0.25) is 0 Å². The number of carbonyl (C=O) groups is 1. The lowest BCUT2D eigenvalue weighted by atomic mass is 10.0. The fourth-order valence-electron chi connectivity index (χ4n) is 1.50. The number of halogens is 2. The number of nitro benzene ring substituents is 1. The van der Waals surface area contributed by atoms with Crippen molar-refractivity contribution in [3.63, 3.8) is 0 Å². The summed E-state index contributed by atoms with van der Waals surface area (Å²) in [7, 11) is 0. The number of ether oxygens (including phenoxy) is 1. The highest BCUT2D eigenvalue weighted by atomic mass is 19.3. The van der Waals surface area contributed by atoms with Gasteiger partial charge in [0.05, 0.1) is 17.1 Å². The molecule has 0 amide bonds. The van der Waals surface area contributed by atoms with Gasteiger partial charge in [-0.25, -0.2) is 13.6 Å². The van der Waals surface area contributed by atoms with Crippen LogP contribution in [0.4, 0.5) is 14.5 Å². The molecule has 100 valence electrons. The van der Waals surface area contributed by atoms with Gasteiger partial charge in [-0.2, -0.15) is 5.26 Å². The molecule has 19 heavy (non-hydrogen) atoms. The first-order valence-electron chi connectivity index (χ1n) is 5.10. The molecule has 0 aliphatic heterocycles. The number of nitriles is 1. The van der Waals surface area contributed by atoms with E-state index in [1.54, 1.807) is 0 Å². The number of esters is 1. The highest BCUT2D eigenvalue weighted by Gasteiger charge is 2.32. The van der Waals surface area contributed by atoms with Gasteiger partial charge in [0.25, 0.3) is 12.1 Å². The van der Waals surface area contributed by atoms with Crippen LogP contribution in [0.15, 0.2) is 12.1 Å². The summed E-state index contributed by atoms with van der Waals surface area (Å²) in [6.07, 6.45) is -3.27. The molecule has 0 radical (unpaired) electrons. The minimum Gasteiger partial charge on any atom is -0.462 e. The van der Waals surface area contributed by atoms with Gasteiger partial charge in [-0.1, -0.05) is 0 Å². The Kier molecular flexibility index (Phi) is 4.47. The first-order chi connectivity index (χ1) is 8.93. The normalized spacial score (nSPS) is 10.1. The second-order valence-corrected chi connectivity index (χ2v) is 3.31. The number of carbonyl (C=O) groups excluding carboxylic acids is 1. The molecule has 1 rings (SSSR count). The van der Waals surface area contributed by atoms with E-state index in [1.807, 2.05) is 0 Å². The Hall–Kier alpha value is -2.56. The van der Waals surface area contributed by atoms with Crippen molar-refractivity contribution in [3.8, 4) is 6.07 Å². The largest absolute Gasteiger partial charge is 0.462 e. The Bertz CT molecular complexity index is 567. The third-order valence-electron chi connectivity index (χ3n) is 2.23. The number of hydrogen-bond acceptors (Lipinski definition) is 5. The molecule has 0 aromatic heterocycles. The average Bonchev–Trinajstić information content (AvgIpc) is 2.36. The maximum Gasteiger partial charge on any atom is 0.338 e. The average molecular weight is 270 g/mol. The predicted molar refractivity (Wildman–Crippen MR) is 58.7 cm³/mol. The number of alkyl halides is 2. The fourth-order valence-corrected chi connectivity index (χ4v) is 1.50. The zero-order chi connectivity index (χ0) is 14.6. The molecule has 0 atom stereocenters. The summed E-state index contributed by atoms with van der Waals surface area (Å²) < 4.78 is 30.4. The van der Waals surface area contributed by atoms with Gasteiger partial charge in [-0.3, -0.25) is 10.1 Å². The van der Waals surface area contributed by atoms with Crippen LogP contribution in [0.3, 0.4) is 0 Å². The molecule has 0 bridgehead atoms. The van der Waals surface area contributed by atoms with Crippen LogP contribution in [0.5, 0.6) is 0 Å². The Morgan fingerprint density at radius 3 is 2.63 bits per heavy atom. The van der Waals surface area contributed by atoms with Crippen LogP contribution in [0.1, 0.15) is 34.8 Å². The Morgan fingerprint density at radius 1 is 1.58 bits per heavy atom. The van der Waals surface area contributed by atoms with Crippen molar-refractivity contribution < 1.29 is 23.2 Å². The summed E-state index contributed by atoms with van der Waals surface area (Å²) in [6, 6.07) is 3.31. The molecular weight excluding hydrogens is 262 g/mol. The van der Waals surface area contributed by atoms with E-state index in [1.165, 1.54) is 13.0 Å². The first kappa shape index (κ1) is 14.5. The van der Waals surface area contributed by atoms with Crippen molar-refractivity contribution >= 4 is 11.7 Å². The molecule has 0 spiro atoms. The summed E-state index contributed by atoms with van der Waals surface area (Å²) in [5, 5.41) is 19.5. The Labute approximate surface area is 106 Å². The number of nitrogens with zero attached hydrogens (tertiary/aromatic N) is 2. The summed E-state index contributed by atoms with van der Waals surface area (Å²) in [5.74, 6) is -1.09. The van der Waals surface area contributed by atoms with E-state index in [4.69, 9.17) is 5.26 Å². The molecular formula is C11H8F2N2O4. The maximum absolute atomic E-state index is 12.9. The van der Waals surface area contributed by atoms with Gasteiger partial charge in [0.15, 0.2) is 0 Å². The van der Waals surface area contributed by atoms with Crippen LogP contribution in [0, 0.1) is 21.4 Å². The van der Waals surface area contributed by atoms with Gasteiger partial charge >= 0.3 is 5.97 Å². The van der Waals surface area contributed by atoms with E-state index in [0.717, 1.165) is 12.1 Å². The van der Waals surface area contributed by atoms with Crippen LogP contribution in [-0.2, 0) is 4.74 Å². The van der Waals surface area contributed by atoms with E-state index < -0.39 is 39.7 Å². The van der Waals surface area contributed by atoms with Crippen molar-refractivity contribution in [3.05, 3.63) is 38.9 Å². The van der Waals surface area contributed by atoms with Crippen molar-refractivity contribution in [2.45, 2.75) is 13.3 Å². The van der Waals surface area contributed by atoms with Crippen LogP contribution in [-0.4, -0.2) is 17.5 Å². The molecule has 0 saturated heterocycles. The minimum atomic E-state index is -3.27. The van der Waals surface area contributed by atoms with Crippen molar-refractivity contribution in [1.29, 1.82) is 5.26 Å². The van der Waals surface area contributed by atoms with E-state index in [9.17, 15) is 23.7 Å². The Balaban J connectivity index is 3.59. The summed E-state index contributed by atoms with van der Waals surface area (Å²) in [4.78, 5) is 21.2. The molecule has 0 heterocycles. The fraction of sp³-hybridized carbons (Fsp3) is 0.273. The second kappa shape index (κ2) is 5.86. The maximum atomic E-state index is 12.9. The van der Waals surface area contributed by atoms with Gasteiger partial charge in [0.2, 0.25) is 0 Å². The standard InChI is InChI=1S/C11H8F2N2O4/c1-2-19-11(16)7-4-3-6(5-14)9(15(17)18)8(7)10(12)13/h3-4,10H,2H2,1H3.